The highest BCUT2D eigenvalue weighted by Crippen LogP contribution is 2.19. The first-order valence-electron chi connectivity index (χ1n) is 6.77. The van der Waals surface area contributed by atoms with Crippen LogP contribution in [0.3, 0.4) is 0 Å². The van der Waals surface area contributed by atoms with E-state index in [0.717, 1.165) is 12.1 Å². The van der Waals surface area contributed by atoms with Gasteiger partial charge >= 0.3 is 0 Å². The van der Waals surface area contributed by atoms with E-state index in [-0.39, 0.29) is 13.2 Å². The third-order valence-electron chi connectivity index (χ3n) is 3.89. The molecule has 0 aromatic heterocycles. The third kappa shape index (κ3) is 3.56. The first-order valence-corrected chi connectivity index (χ1v) is 6.77. The summed E-state index contributed by atoms with van der Waals surface area (Å²) in [7, 11) is 0. The molecular formula is C14H19F2NO4. The Hall–Kier alpha value is -1.12. The number of rotatable bonds is 4. The van der Waals surface area contributed by atoms with E-state index in [2.05, 4.69) is 0 Å². The van der Waals surface area contributed by atoms with Crippen LogP contribution in [0.1, 0.15) is 5.56 Å². The van der Waals surface area contributed by atoms with Crippen LogP contribution in [0.2, 0.25) is 0 Å². The van der Waals surface area contributed by atoms with Crippen molar-refractivity contribution in [3.63, 3.8) is 0 Å². The predicted octanol–water partition coefficient (Wildman–Crippen LogP) is -0.734. The zero-order chi connectivity index (χ0) is 15.6. The van der Waals surface area contributed by atoms with Crippen molar-refractivity contribution in [1.29, 1.82) is 0 Å². The summed E-state index contributed by atoms with van der Waals surface area (Å²) in [6.45, 7) is 0.0486. The molecule has 4 N–H and O–H groups in total. The zero-order valence-corrected chi connectivity index (χ0v) is 11.4. The maximum absolute atomic E-state index is 13.1. The van der Waals surface area contributed by atoms with Gasteiger partial charge in [-0.25, -0.2) is 8.78 Å². The monoisotopic (exact) mass is 303 g/mol. The first-order chi connectivity index (χ1) is 9.93. The molecule has 2 rings (SSSR count). The first kappa shape index (κ1) is 16.3. The molecule has 0 radical (unpaired) electrons. The molecule has 5 nitrogen and oxygen atoms in total. The Kier molecular flexibility index (Phi) is 5.23. The van der Waals surface area contributed by atoms with Crippen LogP contribution in [0.4, 0.5) is 8.78 Å². The SMILES string of the molecule is OC[C@@H]1[C@@H](O)[C@H](O)[C@@H](O)CN1CCc1ccc(F)c(F)c1. The lowest BCUT2D eigenvalue weighted by molar-refractivity contribution is -0.144. The topological polar surface area (TPSA) is 84.2 Å². The Morgan fingerprint density at radius 3 is 2.43 bits per heavy atom. The van der Waals surface area contributed by atoms with Crippen LogP contribution in [0.25, 0.3) is 0 Å². The Balaban J connectivity index is 2.02. The van der Waals surface area contributed by atoms with Crippen LogP contribution >= 0.6 is 0 Å². The van der Waals surface area contributed by atoms with Gasteiger partial charge in [-0.15, -0.1) is 0 Å². The van der Waals surface area contributed by atoms with Gasteiger partial charge in [-0.05, 0) is 24.1 Å². The number of hydrogen-bond acceptors (Lipinski definition) is 5. The van der Waals surface area contributed by atoms with Crippen LogP contribution in [0.5, 0.6) is 0 Å². The fourth-order valence-corrected chi connectivity index (χ4v) is 2.60. The molecule has 0 spiro atoms. The Morgan fingerprint density at radius 2 is 1.81 bits per heavy atom. The maximum Gasteiger partial charge on any atom is 0.159 e. The third-order valence-corrected chi connectivity index (χ3v) is 3.89. The minimum Gasteiger partial charge on any atom is -0.395 e. The van der Waals surface area contributed by atoms with Crippen molar-refractivity contribution in [2.75, 3.05) is 19.7 Å². The van der Waals surface area contributed by atoms with Crippen LogP contribution in [-0.4, -0.2) is 69.4 Å². The van der Waals surface area contributed by atoms with E-state index in [1.54, 1.807) is 4.90 Å². The Bertz CT molecular complexity index is 488. The largest absolute Gasteiger partial charge is 0.395 e. The van der Waals surface area contributed by atoms with E-state index in [0.29, 0.717) is 18.5 Å². The highest BCUT2D eigenvalue weighted by Gasteiger charge is 2.40. The molecule has 1 saturated heterocycles. The minimum absolute atomic E-state index is 0.0904. The molecule has 1 fully saturated rings. The minimum atomic E-state index is -1.30. The summed E-state index contributed by atoms with van der Waals surface area (Å²) in [5, 5.41) is 38.4. The van der Waals surface area contributed by atoms with Gasteiger partial charge < -0.3 is 20.4 Å². The molecule has 0 saturated carbocycles. The normalized spacial score (nSPS) is 30.6. The van der Waals surface area contributed by atoms with Gasteiger partial charge in [0.2, 0.25) is 0 Å². The smallest absolute Gasteiger partial charge is 0.159 e. The second kappa shape index (κ2) is 6.76. The fraction of sp³-hybridized carbons (Fsp3) is 0.571. The van der Waals surface area contributed by atoms with Gasteiger partial charge in [0, 0.05) is 13.1 Å². The van der Waals surface area contributed by atoms with Crippen molar-refractivity contribution < 1.29 is 29.2 Å². The summed E-state index contributed by atoms with van der Waals surface area (Å²) >= 11 is 0. The van der Waals surface area contributed by atoms with E-state index < -0.39 is 36.0 Å². The zero-order valence-electron chi connectivity index (χ0n) is 11.4. The number of likely N-dealkylation sites (tertiary alicyclic amines) is 1. The van der Waals surface area contributed by atoms with Gasteiger partial charge in [-0.1, -0.05) is 6.07 Å². The van der Waals surface area contributed by atoms with Crippen molar-refractivity contribution >= 4 is 0 Å². The predicted molar refractivity (Wildman–Crippen MR) is 70.5 cm³/mol. The number of hydrogen-bond donors (Lipinski definition) is 4. The van der Waals surface area contributed by atoms with Gasteiger partial charge in [0.15, 0.2) is 11.6 Å². The molecule has 1 aromatic carbocycles. The van der Waals surface area contributed by atoms with Gasteiger partial charge in [0.25, 0.3) is 0 Å². The number of halogens is 2. The van der Waals surface area contributed by atoms with Crippen molar-refractivity contribution in [3.05, 3.63) is 35.4 Å². The highest BCUT2D eigenvalue weighted by atomic mass is 19.2. The van der Waals surface area contributed by atoms with E-state index in [1.165, 1.54) is 6.07 Å². The second-order valence-electron chi connectivity index (χ2n) is 5.29. The van der Waals surface area contributed by atoms with Crippen molar-refractivity contribution in [2.24, 2.45) is 0 Å². The highest BCUT2D eigenvalue weighted by molar-refractivity contribution is 5.18. The quantitative estimate of drug-likeness (QED) is 0.589. The molecule has 1 aliphatic heterocycles. The molecule has 0 unspecified atom stereocenters. The van der Waals surface area contributed by atoms with Crippen molar-refractivity contribution in [1.82, 2.24) is 4.90 Å². The van der Waals surface area contributed by atoms with E-state index in [1.807, 2.05) is 0 Å². The maximum atomic E-state index is 13.1. The number of benzene rings is 1. The number of nitrogens with zero attached hydrogens (tertiary/aromatic N) is 1. The number of β-amino-alcohol motifs (C(OH)–C–C–N with tert-alkyl or cyclic N) is 1. The summed E-state index contributed by atoms with van der Waals surface area (Å²) in [5.41, 5.74) is 0.570. The molecule has 7 heteroatoms. The lowest BCUT2D eigenvalue weighted by atomic mass is 9.94. The summed E-state index contributed by atoms with van der Waals surface area (Å²) in [6.07, 6.45) is -3.32. The molecule has 0 bridgehead atoms. The molecule has 0 amide bonds. The molecule has 0 aliphatic carbocycles. The summed E-state index contributed by atoms with van der Waals surface area (Å²) < 4.78 is 26.0. The number of aliphatic hydroxyl groups excluding tert-OH is 4. The molecule has 118 valence electrons. The van der Waals surface area contributed by atoms with Crippen LogP contribution in [0.15, 0.2) is 18.2 Å². The molecule has 1 aliphatic rings. The van der Waals surface area contributed by atoms with Crippen LogP contribution in [0, 0.1) is 11.6 Å². The van der Waals surface area contributed by atoms with Crippen molar-refractivity contribution in [3.8, 4) is 0 Å². The van der Waals surface area contributed by atoms with Gasteiger partial charge in [0.1, 0.15) is 12.2 Å². The molecule has 1 aromatic rings. The average molecular weight is 303 g/mol. The van der Waals surface area contributed by atoms with Crippen molar-refractivity contribution in [2.45, 2.75) is 30.8 Å². The van der Waals surface area contributed by atoms with Crippen LogP contribution < -0.4 is 0 Å². The number of piperidine rings is 1. The lowest BCUT2D eigenvalue weighted by Crippen LogP contribution is -2.62. The van der Waals surface area contributed by atoms with E-state index in [4.69, 9.17) is 0 Å². The number of aliphatic hydroxyl groups is 4. The standard InChI is InChI=1S/C14H19F2NO4/c15-9-2-1-8(5-10(9)16)3-4-17-6-12(19)14(21)13(20)11(17)7-18/h1-2,5,11-14,18-21H,3-4,6-7H2/t11-,12+,13-,14-/m1/s1. The molecule has 21 heavy (non-hydrogen) atoms. The summed E-state index contributed by atoms with van der Waals surface area (Å²) in [6, 6.07) is 2.89. The fourth-order valence-electron chi connectivity index (χ4n) is 2.60. The van der Waals surface area contributed by atoms with E-state index in [9.17, 15) is 29.2 Å². The van der Waals surface area contributed by atoms with Crippen LogP contribution in [-0.2, 0) is 6.42 Å². The van der Waals surface area contributed by atoms with Gasteiger partial charge in [0.05, 0.1) is 18.8 Å². The lowest BCUT2D eigenvalue weighted by Gasteiger charge is -2.43. The summed E-state index contributed by atoms with van der Waals surface area (Å²) in [5.74, 6) is -1.85. The Labute approximate surface area is 121 Å². The average Bonchev–Trinajstić information content (AvgIpc) is 2.46. The Morgan fingerprint density at radius 1 is 1.10 bits per heavy atom. The van der Waals surface area contributed by atoms with Gasteiger partial charge in [-0.3, -0.25) is 4.90 Å². The molecular weight excluding hydrogens is 284 g/mol. The second-order valence-corrected chi connectivity index (χ2v) is 5.29. The van der Waals surface area contributed by atoms with E-state index >= 15 is 0 Å². The molecule has 4 atom stereocenters. The molecule has 1 heterocycles. The van der Waals surface area contributed by atoms with Gasteiger partial charge in [-0.2, -0.15) is 0 Å². The summed E-state index contributed by atoms with van der Waals surface area (Å²) in [4.78, 5) is 1.63.